The summed E-state index contributed by atoms with van der Waals surface area (Å²) in [5, 5.41) is 0. The first-order valence-electron chi connectivity index (χ1n) is 6.82. The average Bonchev–Trinajstić information content (AvgIpc) is 2.45. The lowest BCUT2D eigenvalue weighted by Crippen LogP contribution is -2.29. The van der Waals surface area contributed by atoms with Gasteiger partial charge in [-0.05, 0) is 37.5 Å². The lowest BCUT2D eigenvalue weighted by atomic mass is 9.99. The highest BCUT2D eigenvalue weighted by Gasteiger charge is 2.12. The number of hydrogen-bond donors (Lipinski definition) is 2. The predicted octanol–water partition coefficient (Wildman–Crippen LogP) is 2.54. The van der Waals surface area contributed by atoms with Gasteiger partial charge in [-0.25, -0.2) is 0 Å². The lowest BCUT2D eigenvalue weighted by Gasteiger charge is -2.17. The van der Waals surface area contributed by atoms with E-state index in [1.54, 1.807) is 6.20 Å². The number of nitrogens with zero attached hydrogens (tertiary/aromatic N) is 1. The monoisotopic (exact) mass is 271 g/mol. The zero-order valence-electron chi connectivity index (χ0n) is 12.0. The molecule has 4 nitrogen and oxygen atoms in total. The van der Waals surface area contributed by atoms with E-state index in [9.17, 15) is 0 Å². The van der Waals surface area contributed by atoms with Crippen molar-refractivity contribution < 1.29 is 4.74 Å². The van der Waals surface area contributed by atoms with Crippen LogP contribution >= 0.6 is 0 Å². The Morgan fingerprint density at radius 2 is 2.15 bits per heavy atom. The Morgan fingerprint density at radius 3 is 2.85 bits per heavy atom. The fourth-order valence-corrected chi connectivity index (χ4v) is 2.22. The van der Waals surface area contributed by atoms with Crippen LogP contribution in [0.25, 0.3) is 0 Å². The molecule has 0 saturated heterocycles. The number of pyridine rings is 1. The molecule has 0 radical (unpaired) electrons. The van der Waals surface area contributed by atoms with Gasteiger partial charge in [-0.1, -0.05) is 29.8 Å². The van der Waals surface area contributed by atoms with E-state index in [0.29, 0.717) is 6.61 Å². The summed E-state index contributed by atoms with van der Waals surface area (Å²) in [7, 11) is 0. The van der Waals surface area contributed by atoms with Crippen molar-refractivity contribution >= 4 is 0 Å². The summed E-state index contributed by atoms with van der Waals surface area (Å²) in [5.74, 6) is 6.47. The maximum absolute atomic E-state index is 5.70. The van der Waals surface area contributed by atoms with Gasteiger partial charge < -0.3 is 4.74 Å². The second kappa shape index (κ2) is 7.03. The van der Waals surface area contributed by atoms with Crippen molar-refractivity contribution in [2.24, 2.45) is 5.84 Å². The van der Waals surface area contributed by atoms with Gasteiger partial charge >= 0.3 is 0 Å². The Balaban J connectivity index is 2.17. The van der Waals surface area contributed by atoms with Crippen LogP contribution in [0.5, 0.6) is 5.75 Å². The first-order chi connectivity index (χ1) is 9.72. The topological polar surface area (TPSA) is 60.2 Å². The van der Waals surface area contributed by atoms with Gasteiger partial charge in [-0.2, -0.15) is 0 Å². The normalized spacial score (nSPS) is 12.2. The van der Waals surface area contributed by atoms with E-state index < -0.39 is 0 Å². The van der Waals surface area contributed by atoms with Gasteiger partial charge in [-0.15, -0.1) is 0 Å². The smallest absolute Gasteiger partial charge is 0.137 e. The van der Waals surface area contributed by atoms with Crippen LogP contribution in [0.3, 0.4) is 0 Å². The molecular formula is C16H21N3O. The van der Waals surface area contributed by atoms with Crippen molar-refractivity contribution in [2.45, 2.75) is 26.3 Å². The number of hydrazine groups is 1. The van der Waals surface area contributed by atoms with Crippen molar-refractivity contribution in [3.63, 3.8) is 0 Å². The molecule has 106 valence electrons. The SMILES string of the molecule is CCOc1cncc(C(Cc2cccc(C)c2)NN)c1. The molecule has 2 rings (SSSR count). The minimum Gasteiger partial charge on any atom is -0.492 e. The third-order valence-corrected chi connectivity index (χ3v) is 3.17. The Morgan fingerprint density at radius 1 is 1.30 bits per heavy atom. The summed E-state index contributed by atoms with van der Waals surface area (Å²) >= 11 is 0. The maximum Gasteiger partial charge on any atom is 0.137 e. The lowest BCUT2D eigenvalue weighted by molar-refractivity contribution is 0.338. The number of aryl methyl sites for hydroxylation is 1. The molecule has 1 aromatic heterocycles. The van der Waals surface area contributed by atoms with E-state index in [-0.39, 0.29) is 6.04 Å². The van der Waals surface area contributed by atoms with Crippen LogP contribution in [0.1, 0.15) is 29.7 Å². The quantitative estimate of drug-likeness (QED) is 0.626. The summed E-state index contributed by atoms with van der Waals surface area (Å²) in [6, 6.07) is 10.4. The molecule has 0 aliphatic rings. The van der Waals surface area contributed by atoms with E-state index in [1.807, 2.05) is 19.2 Å². The Hall–Kier alpha value is -1.91. The average molecular weight is 271 g/mol. The van der Waals surface area contributed by atoms with Gasteiger partial charge in [0.2, 0.25) is 0 Å². The van der Waals surface area contributed by atoms with Gasteiger partial charge in [-0.3, -0.25) is 16.3 Å². The predicted molar refractivity (Wildman–Crippen MR) is 80.4 cm³/mol. The Labute approximate surface area is 120 Å². The summed E-state index contributed by atoms with van der Waals surface area (Å²) in [4.78, 5) is 4.21. The highest BCUT2D eigenvalue weighted by Crippen LogP contribution is 2.21. The first-order valence-corrected chi connectivity index (χ1v) is 6.82. The summed E-state index contributed by atoms with van der Waals surface area (Å²) < 4.78 is 5.48. The second-order valence-electron chi connectivity index (χ2n) is 4.80. The summed E-state index contributed by atoms with van der Waals surface area (Å²) in [6.45, 7) is 4.67. The van der Waals surface area contributed by atoms with Crippen molar-refractivity contribution in [2.75, 3.05) is 6.61 Å². The highest BCUT2D eigenvalue weighted by atomic mass is 16.5. The molecule has 0 fully saturated rings. The molecule has 0 amide bonds. The molecule has 3 N–H and O–H groups in total. The van der Waals surface area contributed by atoms with E-state index in [2.05, 4.69) is 41.6 Å². The van der Waals surface area contributed by atoms with E-state index in [4.69, 9.17) is 10.6 Å². The van der Waals surface area contributed by atoms with Crippen LogP contribution in [0.4, 0.5) is 0 Å². The van der Waals surface area contributed by atoms with Crippen molar-refractivity contribution in [3.05, 3.63) is 59.4 Å². The van der Waals surface area contributed by atoms with E-state index in [1.165, 1.54) is 11.1 Å². The van der Waals surface area contributed by atoms with Gasteiger partial charge in [0.05, 0.1) is 18.8 Å². The minimum absolute atomic E-state index is 0.0182. The van der Waals surface area contributed by atoms with Gasteiger partial charge in [0.1, 0.15) is 5.75 Å². The molecule has 4 heteroatoms. The number of hydrogen-bond acceptors (Lipinski definition) is 4. The molecule has 0 aliphatic carbocycles. The minimum atomic E-state index is 0.0182. The number of aromatic nitrogens is 1. The number of nitrogens with two attached hydrogens (primary N) is 1. The van der Waals surface area contributed by atoms with Gasteiger partial charge in [0, 0.05) is 6.20 Å². The van der Waals surface area contributed by atoms with Crippen LogP contribution in [-0.4, -0.2) is 11.6 Å². The van der Waals surface area contributed by atoms with Crippen molar-refractivity contribution in [1.29, 1.82) is 0 Å². The summed E-state index contributed by atoms with van der Waals surface area (Å²) in [6.07, 6.45) is 4.35. The number of benzene rings is 1. The number of nitrogens with one attached hydrogen (secondary N) is 1. The molecule has 0 spiro atoms. The largest absolute Gasteiger partial charge is 0.492 e. The second-order valence-corrected chi connectivity index (χ2v) is 4.80. The van der Waals surface area contributed by atoms with Gasteiger partial charge in [0.25, 0.3) is 0 Å². The van der Waals surface area contributed by atoms with Crippen LogP contribution in [0.2, 0.25) is 0 Å². The molecule has 20 heavy (non-hydrogen) atoms. The molecule has 0 aliphatic heterocycles. The summed E-state index contributed by atoms with van der Waals surface area (Å²) in [5.41, 5.74) is 6.38. The first kappa shape index (κ1) is 14.5. The van der Waals surface area contributed by atoms with E-state index in [0.717, 1.165) is 17.7 Å². The molecule has 2 aromatic rings. The van der Waals surface area contributed by atoms with Crippen LogP contribution in [0, 0.1) is 6.92 Å². The Bertz CT molecular complexity index is 557. The van der Waals surface area contributed by atoms with E-state index >= 15 is 0 Å². The highest BCUT2D eigenvalue weighted by molar-refractivity contribution is 5.29. The molecule has 1 unspecified atom stereocenters. The standard InChI is InChI=1S/C16H21N3O/c1-3-20-15-9-14(10-18-11-15)16(19-17)8-13-6-4-5-12(2)7-13/h4-7,9-11,16,19H,3,8,17H2,1-2H3. The zero-order chi connectivity index (χ0) is 14.4. The zero-order valence-corrected chi connectivity index (χ0v) is 12.0. The Kier molecular flexibility index (Phi) is 5.09. The van der Waals surface area contributed by atoms with Crippen LogP contribution in [0.15, 0.2) is 42.7 Å². The van der Waals surface area contributed by atoms with Gasteiger partial charge in [0.15, 0.2) is 0 Å². The number of rotatable bonds is 6. The molecule has 1 heterocycles. The van der Waals surface area contributed by atoms with Crippen LogP contribution < -0.4 is 16.0 Å². The fraction of sp³-hybridized carbons (Fsp3) is 0.312. The molecule has 0 saturated carbocycles. The number of ether oxygens (including phenoxy) is 1. The molecule has 0 bridgehead atoms. The molecule has 1 aromatic carbocycles. The third kappa shape index (κ3) is 3.79. The van der Waals surface area contributed by atoms with Crippen LogP contribution in [-0.2, 0) is 6.42 Å². The fourth-order valence-electron chi connectivity index (χ4n) is 2.22. The van der Waals surface area contributed by atoms with Crippen molar-refractivity contribution in [1.82, 2.24) is 10.4 Å². The van der Waals surface area contributed by atoms with Crippen molar-refractivity contribution in [3.8, 4) is 5.75 Å². The maximum atomic E-state index is 5.70. The molecular weight excluding hydrogens is 250 g/mol. The third-order valence-electron chi connectivity index (χ3n) is 3.17. The molecule has 1 atom stereocenters.